The van der Waals surface area contributed by atoms with Crippen LogP contribution in [0.4, 0.5) is 16.2 Å². The molecule has 1 unspecified atom stereocenters. The van der Waals surface area contributed by atoms with E-state index in [1.165, 1.54) is 0 Å². The molecule has 2 heterocycles. The molecule has 1 atom stereocenters. The van der Waals surface area contributed by atoms with Crippen LogP contribution in [0.2, 0.25) is 0 Å². The summed E-state index contributed by atoms with van der Waals surface area (Å²) in [5, 5.41) is 13.9. The van der Waals surface area contributed by atoms with Crippen LogP contribution in [0.5, 0.6) is 0 Å². The number of nitrogens with zero attached hydrogens (tertiary/aromatic N) is 3. The Hall–Kier alpha value is -3.50. The Morgan fingerprint density at radius 2 is 1.86 bits per heavy atom. The molecule has 4 rings (SSSR count). The van der Waals surface area contributed by atoms with Crippen molar-refractivity contribution in [2.75, 3.05) is 36.5 Å². The molecular formula is C28H34N4O3. The molecule has 35 heavy (non-hydrogen) atoms. The average Bonchev–Trinajstić information content (AvgIpc) is 3.18. The van der Waals surface area contributed by atoms with E-state index in [9.17, 15) is 10.1 Å². The quantitative estimate of drug-likeness (QED) is 0.432. The number of carbonyl (C=O) groups excluding carboxylic acids is 1. The molecule has 0 spiro atoms. The minimum atomic E-state index is -0.480. The van der Waals surface area contributed by atoms with E-state index in [1.807, 2.05) is 38.1 Å². The average molecular weight is 475 g/mol. The van der Waals surface area contributed by atoms with Crippen molar-refractivity contribution in [1.29, 1.82) is 5.26 Å². The Morgan fingerprint density at radius 3 is 2.49 bits per heavy atom. The molecular weight excluding hydrogens is 440 g/mol. The van der Waals surface area contributed by atoms with Crippen LogP contribution in [0.1, 0.15) is 52.1 Å². The standard InChI is InChI=1S/C28H34N4O3/c1-5-6-20(4)32-26-17-23(31-13-15-34-16-14-31)11-12-24(26)25(18-29)27(32)21-7-9-22(10-8-21)30-28(33)35-19(2)3/h7-12,17,19-20H,5-6,13-16H2,1-4H3,(H,30,33). The van der Waals surface area contributed by atoms with Gasteiger partial charge in [0.25, 0.3) is 0 Å². The van der Waals surface area contributed by atoms with Crippen molar-refractivity contribution in [2.24, 2.45) is 0 Å². The van der Waals surface area contributed by atoms with Gasteiger partial charge in [-0.05, 0) is 63.1 Å². The summed E-state index contributed by atoms with van der Waals surface area (Å²) in [5.41, 5.74) is 5.41. The van der Waals surface area contributed by atoms with Crippen LogP contribution in [-0.4, -0.2) is 43.1 Å². The van der Waals surface area contributed by atoms with Gasteiger partial charge in [0.1, 0.15) is 6.07 Å². The first kappa shape index (κ1) is 24.6. The van der Waals surface area contributed by atoms with E-state index < -0.39 is 6.09 Å². The summed E-state index contributed by atoms with van der Waals surface area (Å²) in [4.78, 5) is 14.3. The molecule has 1 N–H and O–H groups in total. The monoisotopic (exact) mass is 474 g/mol. The van der Waals surface area contributed by atoms with Gasteiger partial charge in [0, 0.05) is 35.9 Å². The molecule has 0 saturated carbocycles. The maximum atomic E-state index is 12.0. The number of amides is 1. The molecule has 1 aliphatic rings. The van der Waals surface area contributed by atoms with Crippen LogP contribution in [0.15, 0.2) is 42.5 Å². The third kappa shape index (κ3) is 5.28. The summed E-state index contributed by atoms with van der Waals surface area (Å²) >= 11 is 0. The van der Waals surface area contributed by atoms with E-state index in [0.29, 0.717) is 11.3 Å². The number of ether oxygens (including phenoxy) is 2. The molecule has 7 nitrogen and oxygen atoms in total. The molecule has 1 aliphatic heterocycles. The zero-order valence-electron chi connectivity index (χ0n) is 21.0. The molecule has 1 amide bonds. The van der Waals surface area contributed by atoms with Gasteiger partial charge >= 0.3 is 6.09 Å². The SMILES string of the molecule is CCCC(C)n1c(-c2ccc(NC(=O)OC(C)C)cc2)c(C#N)c2ccc(N3CCOCC3)cc21. The van der Waals surface area contributed by atoms with Crippen molar-refractivity contribution in [3.63, 3.8) is 0 Å². The molecule has 0 bridgehead atoms. The van der Waals surface area contributed by atoms with Crippen LogP contribution in [0.3, 0.4) is 0 Å². The van der Waals surface area contributed by atoms with Gasteiger partial charge in [0.05, 0.1) is 36.1 Å². The third-order valence-corrected chi connectivity index (χ3v) is 6.37. The number of rotatable bonds is 7. The number of benzene rings is 2. The molecule has 0 radical (unpaired) electrons. The minimum absolute atomic E-state index is 0.189. The lowest BCUT2D eigenvalue weighted by Crippen LogP contribution is -2.36. The lowest BCUT2D eigenvalue weighted by molar-refractivity contribution is 0.122. The van der Waals surface area contributed by atoms with Gasteiger partial charge in [-0.3, -0.25) is 5.32 Å². The fourth-order valence-corrected chi connectivity index (χ4v) is 4.79. The fraction of sp³-hybridized carbons (Fsp3) is 0.429. The van der Waals surface area contributed by atoms with E-state index in [0.717, 1.165) is 67.0 Å². The number of nitrogens with one attached hydrogen (secondary N) is 1. The van der Waals surface area contributed by atoms with Crippen molar-refractivity contribution in [2.45, 2.75) is 52.7 Å². The molecule has 1 aromatic heterocycles. The Balaban J connectivity index is 1.79. The zero-order chi connectivity index (χ0) is 24.9. The van der Waals surface area contributed by atoms with Crippen LogP contribution >= 0.6 is 0 Å². The number of fused-ring (bicyclic) bond motifs is 1. The van der Waals surface area contributed by atoms with E-state index in [4.69, 9.17) is 9.47 Å². The second-order valence-electron chi connectivity index (χ2n) is 9.30. The van der Waals surface area contributed by atoms with E-state index >= 15 is 0 Å². The van der Waals surface area contributed by atoms with Crippen molar-refractivity contribution in [3.8, 4) is 17.3 Å². The Morgan fingerprint density at radius 1 is 1.14 bits per heavy atom. The first-order valence-electron chi connectivity index (χ1n) is 12.4. The van der Waals surface area contributed by atoms with Gasteiger partial charge < -0.3 is 18.9 Å². The van der Waals surface area contributed by atoms with Gasteiger partial charge in [-0.2, -0.15) is 5.26 Å². The molecule has 7 heteroatoms. The highest BCUT2D eigenvalue weighted by molar-refractivity contribution is 5.96. The van der Waals surface area contributed by atoms with Crippen molar-refractivity contribution >= 4 is 28.4 Å². The predicted molar refractivity (Wildman–Crippen MR) is 140 cm³/mol. The zero-order valence-corrected chi connectivity index (χ0v) is 21.0. The van der Waals surface area contributed by atoms with Gasteiger partial charge in [0.15, 0.2) is 0 Å². The van der Waals surface area contributed by atoms with Crippen LogP contribution in [0.25, 0.3) is 22.2 Å². The number of aromatic nitrogens is 1. The largest absolute Gasteiger partial charge is 0.447 e. The summed E-state index contributed by atoms with van der Waals surface area (Å²) in [5.74, 6) is 0. The van der Waals surface area contributed by atoms with E-state index in [-0.39, 0.29) is 12.1 Å². The molecule has 1 fully saturated rings. The number of morpholine rings is 1. The Labute approximate surface area is 207 Å². The molecule has 2 aromatic carbocycles. The fourth-order valence-electron chi connectivity index (χ4n) is 4.79. The Kier molecular flexibility index (Phi) is 7.62. The minimum Gasteiger partial charge on any atom is -0.447 e. The van der Waals surface area contributed by atoms with Crippen molar-refractivity contribution in [3.05, 3.63) is 48.0 Å². The lowest BCUT2D eigenvalue weighted by Gasteiger charge is -2.29. The highest BCUT2D eigenvalue weighted by atomic mass is 16.6. The van der Waals surface area contributed by atoms with Crippen molar-refractivity contribution in [1.82, 2.24) is 4.57 Å². The maximum Gasteiger partial charge on any atom is 0.411 e. The normalized spacial score (nSPS) is 14.7. The molecule has 184 valence electrons. The molecule has 1 saturated heterocycles. The summed E-state index contributed by atoms with van der Waals surface area (Å²) in [6.45, 7) is 11.2. The number of nitriles is 1. The third-order valence-electron chi connectivity index (χ3n) is 6.37. The lowest BCUT2D eigenvalue weighted by atomic mass is 10.0. The predicted octanol–water partition coefficient (Wildman–Crippen LogP) is 6.33. The van der Waals surface area contributed by atoms with Crippen LogP contribution < -0.4 is 10.2 Å². The summed E-state index contributed by atoms with van der Waals surface area (Å²) in [7, 11) is 0. The smallest absolute Gasteiger partial charge is 0.411 e. The van der Waals surface area contributed by atoms with Gasteiger partial charge in [-0.15, -0.1) is 0 Å². The number of hydrogen-bond donors (Lipinski definition) is 1. The number of anilines is 2. The Bertz CT molecular complexity index is 1220. The second-order valence-corrected chi connectivity index (χ2v) is 9.30. The summed E-state index contributed by atoms with van der Waals surface area (Å²) in [6, 6.07) is 16.7. The number of carbonyl (C=O) groups is 1. The first-order chi connectivity index (χ1) is 16.9. The van der Waals surface area contributed by atoms with Crippen molar-refractivity contribution < 1.29 is 14.3 Å². The molecule has 0 aliphatic carbocycles. The summed E-state index contributed by atoms with van der Waals surface area (Å²) < 4.78 is 13.0. The maximum absolute atomic E-state index is 12.0. The van der Waals surface area contributed by atoms with Gasteiger partial charge in [-0.25, -0.2) is 4.79 Å². The van der Waals surface area contributed by atoms with Crippen LogP contribution in [0, 0.1) is 11.3 Å². The second kappa shape index (κ2) is 10.8. The first-order valence-corrected chi connectivity index (χ1v) is 12.4. The molecule has 3 aromatic rings. The number of hydrogen-bond acceptors (Lipinski definition) is 5. The van der Waals surface area contributed by atoms with Gasteiger partial charge in [0.2, 0.25) is 0 Å². The van der Waals surface area contributed by atoms with Gasteiger partial charge in [-0.1, -0.05) is 25.5 Å². The highest BCUT2D eigenvalue weighted by Crippen LogP contribution is 2.39. The highest BCUT2D eigenvalue weighted by Gasteiger charge is 2.23. The van der Waals surface area contributed by atoms with E-state index in [1.54, 1.807) is 0 Å². The summed E-state index contributed by atoms with van der Waals surface area (Å²) in [6.07, 6.45) is 1.38. The van der Waals surface area contributed by atoms with Crippen LogP contribution in [-0.2, 0) is 9.47 Å². The van der Waals surface area contributed by atoms with E-state index in [2.05, 4.69) is 52.9 Å². The topological polar surface area (TPSA) is 79.5 Å².